The number of nitrogens with zero attached hydrogens (tertiary/aromatic N) is 3. The van der Waals surface area contributed by atoms with Gasteiger partial charge in [-0.2, -0.15) is 0 Å². The van der Waals surface area contributed by atoms with Crippen molar-refractivity contribution in [2.24, 2.45) is 0 Å². The van der Waals surface area contributed by atoms with Crippen LogP contribution < -0.4 is 0 Å². The van der Waals surface area contributed by atoms with E-state index in [9.17, 15) is 4.39 Å². The summed E-state index contributed by atoms with van der Waals surface area (Å²) in [5, 5.41) is 0.462. The molecule has 1 aliphatic heterocycles. The molecular weight excluding hydrogens is 331 g/mol. The predicted octanol–water partition coefficient (Wildman–Crippen LogP) is 2.84. The van der Waals surface area contributed by atoms with E-state index in [1.807, 2.05) is 20.3 Å². The summed E-state index contributed by atoms with van der Waals surface area (Å²) in [6.07, 6.45) is 1.77. The smallest absolute Gasteiger partial charge is 0.136 e. The van der Waals surface area contributed by atoms with Gasteiger partial charge >= 0.3 is 0 Å². The number of nitrogens with one attached hydrogen (secondary N) is 1. The number of rotatable bonds is 5. The van der Waals surface area contributed by atoms with Gasteiger partial charge in [0.05, 0.1) is 6.61 Å². The number of hydrogen-bond acceptors (Lipinski definition) is 4. The zero-order valence-corrected chi connectivity index (χ0v) is 14.7. The van der Waals surface area contributed by atoms with Crippen LogP contribution in [0, 0.1) is 5.82 Å². The van der Waals surface area contributed by atoms with Crippen molar-refractivity contribution in [3.63, 3.8) is 0 Å². The minimum absolute atomic E-state index is 0.0890. The highest BCUT2D eigenvalue weighted by atomic mass is 35.5. The lowest BCUT2D eigenvalue weighted by molar-refractivity contribution is -0.0369. The fourth-order valence-electron chi connectivity index (χ4n) is 2.86. The number of H-pyrrole nitrogens is 1. The Morgan fingerprint density at radius 3 is 3.04 bits per heavy atom. The van der Waals surface area contributed by atoms with Gasteiger partial charge in [0.2, 0.25) is 0 Å². The average Bonchev–Trinajstić information content (AvgIpc) is 2.98. The second kappa shape index (κ2) is 7.61. The molecule has 0 radical (unpaired) electrons. The lowest BCUT2D eigenvalue weighted by atomic mass is 10.1. The Morgan fingerprint density at radius 2 is 2.29 bits per heavy atom. The van der Waals surface area contributed by atoms with E-state index >= 15 is 0 Å². The van der Waals surface area contributed by atoms with Crippen molar-refractivity contribution in [3.05, 3.63) is 52.3 Å². The van der Waals surface area contributed by atoms with Gasteiger partial charge in [-0.05, 0) is 31.8 Å². The molecular formula is C17H22ClFN4O. The highest BCUT2D eigenvalue weighted by Crippen LogP contribution is 2.24. The zero-order chi connectivity index (χ0) is 17.1. The highest BCUT2D eigenvalue weighted by molar-refractivity contribution is 6.31. The number of imidazole rings is 1. The predicted molar refractivity (Wildman–Crippen MR) is 91.4 cm³/mol. The molecule has 1 aliphatic rings. The minimum Gasteiger partial charge on any atom is -0.368 e. The summed E-state index contributed by atoms with van der Waals surface area (Å²) < 4.78 is 19.0. The lowest BCUT2D eigenvalue weighted by Gasteiger charge is -2.32. The van der Waals surface area contributed by atoms with Crippen LogP contribution in [0.1, 0.15) is 23.2 Å². The second-order valence-corrected chi connectivity index (χ2v) is 6.77. The van der Waals surface area contributed by atoms with Gasteiger partial charge in [0.25, 0.3) is 0 Å². The Bertz CT molecular complexity index is 691. The van der Waals surface area contributed by atoms with Crippen molar-refractivity contribution in [1.29, 1.82) is 0 Å². The third-order valence-corrected chi connectivity index (χ3v) is 4.35. The van der Waals surface area contributed by atoms with E-state index < -0.39 is 0 Å². The molecule has 5 nitrogen and oxygen atoms in total. The number of benzene rings is 1. The maximum absolute atomic E-state index is 13.2. The first-order valence-corrected chi connectivity index (χ1v) is 8.35. The van der Waals surface area contributed by atoms with Gasteiger partial charge in [-0.1, -0.05) is 17.7 Å². The lowest BCUT2D eigenvalue weighted by Crippen LogP contribution is -2.38. The first-order chi connectivity index (χ1) is 11.5. The number of aromatic amines is 1. The Morgan fingerprint density at radius 1 is 1.46 bits per heavy atom. The van der Waals surface area contributed by atoms with Crippen LogP contribution in [0.2, 0.25) is 5.02 Å². The van der Waals surface area contributed by atoms with Crippen molar-refractivity contribution in [1.82, 2.24) is 19.8 Å². The minimum atomic E-state index is -0.312. The van der Waals surface area contributed by atoms with Crippen molar-refractivity contribution in [2.75, 3.05) is 33.8 Å². The van der Waals surface area contributed by atoms with E-state index in [-0.39, 0.29) is 11.9 Å². The monoisotopic (exact) mass is 352 g/mol. The maximum Gasteiger partial charge on any atom is 0.136 e. The second-order valence-electron chi connectivity index (χ2n) is 6.36. The Kier molecular flexibility index (Phi) is 5.50. The zero-order valence-electron chi connectivity index (χ0n) is 13.9. The van der Waals surface area contributed by atoms with E-state index in [2.05, 4.69) is 19.8 Å². The Labute approximate surface area is 146 Å². The van der Waals surface area contributed by atoms with Gasteiger partial charge < -0.3 is 14.6 Å². The van der Waals surface area contributed by atoms with Crippen LogP contribution >= 0.6 is 11.6 Å². The molecule has 0 bridgehead atoms. The normalized spacial score (nSPS) is 19.1. The molecule has 130 valence electrons. The summed E-state index contributed by atoms with van der Waals surface area (Å²) in [5.74, 6) is 0.536. The van der Waals surface area contributed by atoms with Crippen LogP contribution in [0.4, 0.5) is 4.39 Å². The van der Waals surface area contributed by atoms with Crippen LogP contribution in [0.25, 0.3) is 0 Å². The molecule has 1 N–H and O–H groups in total. The number of morpholine rings is 1. The van der Waals surface area contributed by atoms with Gasteiger partial charge in [0.15, 0.2) is 0 Å². The Balaban J connectivity index is 1.64. The molecule has 24 heavy (non-hydrogen) atoms. The molecule has 0 saturated carbocycles. The summed E-state index contributed by atoms with van der Waals surface area (Å²) in [7, 11) is 4.04. The summed E-state index contributed by atoms with van der Waals surface area (Å²) in [4.78, 5) is 12.1. The average molecular weight is 353 g/mol. The van der Waals surface area contributed by atoms with Crippen LogP contribution in [-0.4, -0.2) is 53.6 Å². The van der Waals surface area contributed by atoms with E-state index in [4.69, 9.17) is 16.3 Å². The van der Waals surface area contributed by atoms with Gasteiger partial charge in [0, 0.05) is 43.1 Å². The van der Waals surface area contributed by atoms with Gasteiger partial charge in [-0.3, -0.25) is 4.90 Å². The Hall–Kier alpha value is -1.47. The van der Waals surface area contributed by atoms with Gasteiger partial charge in [-0.25, -0.2) is 9.37 Å². The van der Waals surface area contributed by atoms with Crippen molar-refractivity contribution in [2.45, 2.75) is 19.2 Å². The van der Waals surface area contributed by atoms with E-state index in [1.54, 1.807) is 6.07 Å². The molecule has 2 aromatic rings. The molecule has 1 aromatic carbocycles. The molecule has 1 aromatic heterocycles. The third-order valence-electron chi connectivity index (χ3n) is 4.00. The van der Waals surface area contributed by atoms with Crippen LogP contribution in [0.5, 0.6) is 0 Å². The highest BCUT2D eigenvalue weighted by Gasteiger charge is 2.24. The molecule has 2 heterocycles. The standard InChI is InChI=1S/C17H22ClFN4O/c1-22(2)10-14-8-20-17(21-14)16-11-23(5-6-24-16)9-12-3-4-13(19)7-15(12)18/h3-4,7-8,16H,5-6,9-11H2,1-2H3,(H,20,21)/t16-/m0/s1. The SMILES string of the molecule is CN(C)Cc1cnc([C@@H]2CN(Cc3ccc(F)cc3Cl)CCO2)[nH]1. The fourth-order valence-corrected chi connectivity index (χ4v) is 3.09. The summed E-state index contributed by atoms with van der Waals surface area (Å²) >= 11 is 6.13. The molecule has 3 rings (SSSR count). The number of halogens is 2. The van der Waals surface area contributed by atoms with Crippen molar-refractivity contribution >= 4 is 11.6 Å². The largest absolute Gasteiger partial charge is 0.368 e. The van der Waals surface area contributed by atoms with E-state index in [1.165, 1.54) is 12.1 Å². The maximum atomic E-state index is 13.2. The molecule has 0 aliphatic carbocycles. The first kappa shape index (κ1) is 17.4. The van der Waals surface area contributed by atoms with Gasteiger partial charge in [0.1, 0.15) is 17.7 Å². The third kappa shape index (κ3) is 4.33. The molecule has 1 atom stereocenters. The van der Waals surface area contributed by atoms with Crippen molar-refractivity contribution in [3.8, 4) is 0 Å². The molecule has 0 amide bonds. The van der Waals surface area contributed by atoms with Crippen LogP contribution in [0.3, 0.4) is 0 Å². The first-order valence-electron chi connectivity index (χ1n) is 7.97. The topological polar surface area (TPSA) is 44.4 Å². The molecule has 7 heteroatoms. The van der Waals surface area contributed by atoms with Crippen LogP contribution in [0.15, 0.2) is 24.4 Å². The number of ether oxygens (including phenoxy) is 1. The molecule has 0 unspecified atom stereocenters. The van der Waals surface area contributed by atoms with Crippen molar-refractivity contribution < 1.29 is 9.13 Å². The fraction of sp³-hybridized carbons (Fsp3) is 0.471. The van der Waals surface area contributed by atoms with Crippen LogP contribution in [-0.2, 0) is 17.8 Å². The van der Waals surface area contributed by atoms with Gasteiger partial charge in [-0.15, -0.1) is 0 Å². The molecule has 0 spiro atoms. The summed E-state index contributed by atoms with van der Waals surface area (Å²) in [6, 6.07) is 4.54. The summed E-state index contributed by atoms with van der Waals surface area (Å²) in [5.41, 5.74) is 1.99. The van der Waals surface area contributed by atoms with E-state index in [0.29, 0.717) is 18.2 Å². The molecule has 1 fully saturated rings. The molecule has 1 saturated heterocycles. The summed E-state index contributed by atoms with van der Waals surface area (Å²) in [6.45, 7) is 3.66. The number of aromatic nitrogens is 2. The number of hydrogen-bond donors (Lipinski definition) is 1. The van der Waals surface area contributed by atoms with E-state index in [0.717, 1.165) is 36.7 Å². The quantitative estimate of drug-likeness (QED) is 0.898.